The standard InChI is InChI=1S/C46H60N4O7/c1-9-42(53)23-29-24-45(40(51)56-7,37-30(14-18-49(25-29)26-42)31-20-27(3)12-13-34(31)47-37)33-21-32-35(22-36(33)55-6)48(5)39-44(32)16-19-50-17-11-15-43(10-2,38(44)50)28(4)46(39,54)41(52)57-8/h11-13,15,20-22,28-29,38-39,47,53-54H,9-10,14,16-19,23-26H2,1-8H3/t28-,29-,38+,39-,42+,43+,44-,45+,46-/m1/s1. The van der Waals surface area contributed by atoms with E-state index in [1.807, 2.05) is 27.0 Å². The average Bonchev–Trinajstić information content (AvgIpc) is 3.87. The summed E-state index contributed by atoms with van der Waals surface area (Å²) in [6.07, 6.45) is 8.16. The molecule has 1 aromatic heterocycles. The van der Waals surface area contributed by atoms with Gasteiger partial charge in [0, 0.05) is 89.9 Å². The fourth-order valence-corrected chi connectivity index (χ4v) is 13.7. The van der Waals surface area contributed by atoms with Gasteiger partial charge in [-0.05, 0) is 87.2 Å². The molecule has 1 spiro atoms. The number of hydrogen-bond donors (Lipinski definition) is 3. The normalized spacial score (nSPS) is 38.0. The molecule has 11 heteroatoms. The van der Waals surface area contributed by atoms with Crippen LogP contribution in [0.2, 0.25) is 0 Å². The summed E-state index contributed by atoms with van der Waals surface area (Å²) in [5, 5.41) is 26.3. The minimum atomic E-state index is -1.85. The summed E-state index contributed by atoms with van der Waals surface area (Å²) in [5.74, 6) is -0.980. The highest BCUT2D eigenvalue weighted by Crippen LogP contribution is 2.69. The minimum Gasteiger partial charge on any atom is -0.496 e. The van der Waals surface area contributed by atoms with Gasteiger partial charge in [-0.25, -0.2) is 4.79 Å². The Bertz CT molecular complexity index is 2180. The zero-order chi connectivity index (χ0) is 40.4. The van der Waals surface area contributed by atoms with E-state index >= 15 is 4.79 Å². The van der Waals surface area contributed by atoms with E-state index in [2.05, 4.69) is 69.9 Å². The molecule has 1 unspecified atom stereocenters. The Labute approximate surface area is 336 Å². The van der Waals surface area contributed by atoms with Gasteiger partial charge in [-0.3, -0.25) is 14.6 Å². The predicted octanol–water partition coefficient (Wildman–Crippen LogP) is 5.00. The number of aliphatic hydroxyl groups is 2. The number of benzene rings is 2. The molecular formula is C46H60N4O7. The number of hydrogen-bond acceptors (Lipinski definition) is 10. The number of likely N-dealkylation sites (N-methyl/N-ethyl adjacent to an activating group) is 1. The van der Waals surface area contributed by atoms with Crippen LogP contribution in [0.1, 0.15) is 80.8 Å². The monoisotopic (exact) mass is 780 g/mol. The summed E-state index contributed by atoms with van der Waals surface area (Å²) in [7, 11) is 6.47. The van der Waals surface area contributed by atoms with Gasteiger partial charge in [0.25, 0.3) is 0 Å². The number of ether oxygens (including phenoxy) is 3. The number of aryl methyl sites for hydroxylation is 1. The first kappa shape index (κ1) is 38.6. The number of methoxy groups -OCH3 is 3. The fraction of sp³-hybridized carbons (Fsp3) is 0.609. The van der Waals surface area contributed by atoms with Gasteiger partial charge in [0.1, 0.15) is 11.2 Å². The zero-order valence-electron chi connectivity index (χ0n) is 34.9. The van der Waals surface area contributed by atoms with Crippen molar-refractivity contribution in [3.63, 3.8) is 0 Å². The summed E-state index contributed by atoms with van der Waals surface area (Å²) in [5.41, 5.74) is 1.22. The average molecular weight is 781 g/mol. The maximum atomic E-state index is 15.3. The van der Waals surface area contributed by atoms with E-state index in [0.29, 0.717) is 50.0 Å². The van der Waals surface area contributed by atoms with Gasteiger partial charge in [0.05, 0.1) is 33.0 Å². The molecule has 306 valence electrons. The molecule has 3 aromatic rings. The lowest BCUT2D eigenvalue weighted by atomic mass is 9.45. The third-order valence-electron chi connectivity index (χ3n) is 16.1. The Morgan fingerprint density at radius 3 is 2.44 bits per heavy atom. The number of aromatic amines is 1. The van der Waals surface area contributed by atoms with Crippen LogP contribution in [0.25, 0.3) is 10.9 Å². The topological polar surface area (TPSA) is 128 Å². The molecule has 1 saturated carbocycles. The number of anilines is 1. The molecule has 3 N–H and O–H groups in total. The SMILES string of the molecule is CC[C@]1(O)C[C@H]2CN(CCc3c([nH]c4ccc(C)cc34)[C@@](C(=O)OC)(c3cc4c(cc3OC)N(C)[C@H]3[C@@](O)(C(=O)OC)[C@H](C)[C@]5(CC)C=CCN6CC[C@]43[C@@H]65)C2)C1. The minimum absolute atomic E-state index is 0.0254. The summed E-state index contributed by atoms with van der Waals surface area (Å²) in [4.78, 5) is 40.4. The van der Waals surface area contributed by atoms with Crippen molar-refractivity contribution in [3.8, 4) is 5.75 Å². The molecule has 2 aromatic carbocycles. The van der Waals surface area contributed by atoms with Crippen LogP contribution in [0.4, 0.5) is 5.69 Å². The molecule has 11 nitrogen and oxygen atoms in total. The molecule has 10 atom stereocenters. The number of H-pyrrole nitrogens is 1. The number of rotatable bonds is 6. The Kier molecular flexibility index (Phi) is 8.84. The second kappa shape index (κ2) is 13.1. The van der Waals surface area contributed by atoms with Crippen molar-refractivity contribution in [1.82, 2.24) is 14.8 Å². The van der Waals surface area contributed by atoms with E-state index in [1.54, 1.807) is 7.11 Å². The number of nitrogens with zero attached hydrogens (tertiary/aromatic N) is 3. The van der Waals surface area contributed by atoms with Crippen molar-refractivity contribution < 1.29 is 34.0 Å². The van der Waals surface area contributed by atoms with Crippen LogP contribution in [-0.2, 0) is 36.3 Å². The van der Waals surface area contributed by atoms with Crippen LogP contribution in [0.3, 0.4) is 0 Å². The molecular weight excluding hydrogens is 721 g/mol. The van der Waals surface area contributed by atoms with Crippen LogP contribution in [0, 0.1) is 24.2 Å². The van der Waals surface area contributed by atoms with Crippen molar-refractivity contribution in [2.24, 2.45) is 17.3 Å². The highest BCUT2D eigenvalue weighted by molar-refractivity contribution is 5.95. The predicted molar refractivity (Wildman–Crippen MR) is 219 cm³/mol. The maximum Gasteiger partial charge on any atom is 0.340 e. The van der Waals surface area contributed by atoms with E-state index in [0.717, 1.165) is 71.6 Å². The molecule has 2 bridgehead atoms. The number of carbonyl (C=O) groups excluding carboxylic acids is 2. The smallest absolute Gasteiger partial charge is 0.340 e. The van der Waals surface area contributed by atoms with E-state index in [9.17, 15) is 15.0 Å². The van der Waals surface area contributed by atoms with Crippen LogP contribution in [0.5, 0.6) is 5.75 Å². The Morgan fingerprint density at radius 1 is 0.965 bits per heavy atom. The van der Waals surface area contributed by atoms with Crippen molar-refractivity contribution in [2.45, 2.75) is 100 Å². The van der Waals surface area contributed by atoms with Crippen molar-refractivity contribution in [1.29, 1.82) is 0 Å². The second-order valence-corrected chi connectivity index (χ2v) is 18.4. The number of piperidine rings is 1. The Balaban J connectivity index is 1.37. The van der Waals surface area contributed by atoms with Gasteiger partial charge in [-0.2, -0.15) is 0 Å². The van der Waals surface area contributed by atoms with Crippen molar-refractivity contribution in [2.75, 3.05) is 66.0 Å². The Morgan fingerprint density at radius 2 is 1.74 bits per heavy atom. The number of aromatic nitrogens is 1. The van der Waals surface area contributed by atoms with Gasteiger partial charge < -0.3 is 34.3 Å². The lowest BCUT2D eigenvalue weighted by molar-refractivity contribution is -0.197. The number of nitrogens with one attached hydrogen (secondary N) is 1. The molecule has 57 heavy (non-hydrogen) atoms. The molecule has 2 saturated heterocycles. The third kappa shape index (κ3) is 4.86. The van der Waals surface area contributed by atoms with E-state index in [4.69, 9.17) is 14.2 Å². The number of esters is 2. The summed E-state index contributed by atoms with van der Waals surface area (Å²) >= 11 is 0. The van der Waals surface area contributed by atoms with Crippen molar-refractivity contribution in [3.05, 3.63) is 70.4 Å². The molecule has 5 aliphatic heterocycles. The van der Waals surface area contributed by atoms with Gasteiger partial charge in [0.15, 0.2) is 5.60 Å². The van der Waals surface area contributed by atoms with Gasteiger partial charge in [0.2, 0.25) is 0 Å². The first-order chi connectivity index (χ1) is 27.2. The first-order valence-electron chi connectivity index (χ1n) is 21.1. The molecule has 3 fully saturated rings. The van der Waals surface area contributed by atoms with Crippen LogP contribution >= 0.6 is 0 Å². The summed E-state index contributed by atoms with van der Waals surface area (Å²) in [6.45, 7) is 12.0. The van der Waals surface area contributed by atoms with Gasteiger partial charge in [-0.1, -0.05) is 44.6 Å². The fourth-order valence-electron chi connectivity index (χ4n) is 13.7. The quantitative estimate of drug-likeness (QED) is 0.232. The van der Waals surface area contributed by atoms with E-state index < -0.39 is 45.4 Å². The molecule has 0 amide bonds. The van der Waals surface area contributed by atoms with Crippen LogP contribution in [-0.4, -0.2) is 121 Å². The van der Waals surface area contributed by atoms with Gasteiger partial charge >= 0.3 is 11.9 Å². The molecule has 9 rings (SSSR count). The molecule has 6 heterocycles. The van der Waals surface area contributed by atoms with Gasteiger partial charge in [-0.15, -0.1) is 0 Å². The molecule has 0 radical (unpaired) electrons. The summed E-state index contributed by atoms with van der Waals surface area (Å²) in [6, 6.07) is 9.97. The highest BCUT2D eigenvalue weighted by atomic mass is 16.5. The van der Waals surface area contributed by atoms with Crippen LogP contribution in [0.15, 0.2) is 42.5 Å². The molecule has 6 aliphatic rings. The largest absolute Gasteiger partial charge is 0.496 e. The lowest BCUT2D eigenvalue weighted by Crippen LogP contribution is -2.78. The first-order valence-corrected chi connectivity index (χ1v) is 21.1. The van der Waals surface area contributed by atoms with Crippen LogP contribution < -0.4 is 9.64 Å². The second-order valence-electron chi connectivity index (χ2n) is 18.4. The third-order valence-corrected chi connectivity index (χ3v) is 16.1. The van der Waals surface area contributed by atoms with E-state index in [1.165, 1.54) is 14.2 Å². The van der Waals surface area contributed by atoms with E-state index in [-0.39, 0.29) is 17.9 Å². The van der Waals surface area contributed by atoms with Crippen molar-refractivity contribution >= 4 is 28.5 Å². The summed E-state index contributed by atoms with van der Waals surface area (Å²) < 4.78 is 17.9. The molecule has 1 aliphatic carbocycles. The number of carbonyl (C=O) groups is 2. The Hall–Kier alpha value is -3.90. The maximum absolute atomic E-state index is 15.3. The zero-order valence-corrected chi connectivity index (χ0v) is 34.9. The lowest BCUT2D eigenvalue weighted by Gasteiger charge is -2.64. The highest BCUT2D eigenvalue weighted by Gasteiger charge is 2.78. The number of fused-ring (bicyclic) bond motifs is 6.